The molecule has 1 aromatic heterocycles. The van der Waals surface area contributed by atoms with Gasteiger partial charge in [-0.1, -0.05) is 0 Å². The van der Waals surface area contributed by atoms with E-state index in [1.807, 2.05) is 29.2 Å². The lowest BCUT2D eigenvalue weighted by Gasteiger charge is -2.39. The van der Waals surface area contributed by atoms with E-state index in [-0.39, 0.29) is 29.9 Å². The third-order valence-corrected chi connectivity index (χ3v) is 5.58. The van der Waals surface area contributed by atoms with Gasteiger partial charge in [-0.3, -0.25) is 14.6 Å². The van der Waals surface area contributed by atoms with Crippen LogP contribution in [0.2, 0.25) is 0 Å². The maximum atomic E-state index is 13.0. The molecule has 2 aromatic rings. The minimum atomic E-state index is -0.0725. The Balaban J connectivity index is 1.42. The molecule has 0 saturated carbocycles. The maximum Gasteiger partial charge on any atom is 0.254 e. The van der Waals surface area contributed by atoms with Gasteiger partial charge in [0.2, 0.25) is 0 Å². The highest BCUT2D eigenvalue weighted by Gasteiger charge is 2.43. The van der Waals surface area contributed by atoms with Crippen LogP contribution in [0.4, 0.5) is 0 Å². The molecule has 2 fully saturated rings. The summed E-state index contributed by atoms with van der Waals surface area (Å²) in [5.74, 6) is 0.743. The van der Waals surface area contributed by atoms with Crippen molar-refractivity contribution in [2.24, 2.45) is 0 Å². The molecule has 2 amide bonds. The van der Waals surface area contributed by atoms with Crippen LogP contribution in [-0.2, 0) is 0 Å². The summed E-state index contributed by atoms with van der Waals surface area (Å²) in [6, 6.07) is 11.2. The number of nitrogens with one attached hydrogen (secondary N) is 1. The first kappa shape index (κ1) is 17.5. The number of carbonyl (C=O) groups excluding carboxylic acids is 2. The molecule has 6 heteroatoms. The lowest BCUT2D eigenvalue weighted by Crippen LogP contribution is -2.52. The molecule has 2 atom stereocenters. The van der Waals surface area contributed by atoms with Gasteiger partial charge in [0.05, 0.1) is 7.11 Å². The highest BCUT2D eigenvalue weighted by Crippen LogP contribution is 2.37. The molecule has 4 rings (SSSR count). The number of amides is 2. The number of rotatable bonds is 4. The van der Waals surface area contributed by atoms with Gasteiger partial charge in [-0.15, -0.1) is 0 Å². The lowest BCUT2D eigenvalue weighted by molar-refractivity contribution is 0.0549. The largest absolute Gasteiger partial charge is 0.497 e. The van der Waals surface area contributed by atoms with Gasteiger partial charge in [0.15, 0.2) is 0 Å². The summed E-state index contributed by atoms with van der Waals surface area (Å²) in [4.78, 5) is 31.4. The Hall–Kier alpha value is -2.89. The molecule has 2 saturated heterocycles. The Bertz CT molecular complexity index is 808. The van der Waals surface area contributed by atoms with E-state index in [9.17, 15) is 9.59 Å². The summed E-state index contributed by atoms with van der Waals surface area (Å²) in [5, 5.41) is 3.13. The summed E-state index contributed by atoms with van der Waals surface area (Å²) < 4.78 is 5.17. The van der Waals surface area contributed by atoms with Gasteiger partial charge in [-0.25, -0.2) is 0 Å². The first-order valence-corrected chi connectivity index (χ1v) is 9.33. The molecule has 6 nitrogen and oxygen atoms in total. The minimum Gasteiger partial charge on any atom is -0.497 e. The average Bonchev–Trinajstić information content (AvgIpc) is 2.98. The number of carbonyl (C=O) groups is 2. The molecule has 140 valence electrons. The molecule has 2 unspecified atom stereocenters. The van der Waals surface area contributed by atoms with Crippen molar-refractivity contribution in [1.82, 2.24) is 15.2 Å². The summed E-state index contributed by atoms with van der Waals surface area (Å²) in [6.07, 6.45) is 6.83. The molecule has 27 heavy (non-hydrogen) atoms. The number of ether oxygens (including phenoxy) is 1. The molecule has 3 heterocycles. The molecule has 1 N–H and O–H groups in total. The first-order valence-electron chi connectivity index (χ1n) is 9.33. The van der Waals surface area contributed by atoms with Crippen molar-refractivity contribution >= 4 is 11.8 Å². The van der Waals surface area contributed by atoms with Crippen molar-refractivity contribution in [3.63, 3.8) is 0 Å². The van der Waals surface area contributed by atoms with Crippen LogP contribution in [-0.4, -0.2) is 46.9 Å². The van der Waals surface area contributed by atoms with Crippen LogP contribution in [0.25, 0.3) is 0 Å². The molecular weight excluding hydrogens is 342 g/mol. The van der Waals surface area contributed by atoms with E-state index >= 15 is 0 Å². The van der Waals surface area contributed by atoms with Gasteiger partial charge in [-0.2, -0.15) is 0 Å². The van der Waals surface area contributed by atoms with Crippen LogP contribution in [0.1, 0.15) is 46.4 Å². The highest BCUT2D eigenvalue weighted by molar-refractivity contribution is 5.95. The Kier molecular flexibility index (Phi) is 4.79. The molecule has 2 aliphatic rings. The Morgan fingerprint density at radius 3 is 2.22 bits per heavy atom. The second-order valence-corrected chi connectivity index (χ2v) is 7.20. The lowest BCUT2D eigenvalue weighted by atomic mass is 9.96. The third kappa shape index (κ3) is 3.52. The standard InChI is InChI=1S/C21H23N3O3/c1-27-19-6-2-15(3-7-19)21(26)24-17-4-5-18(24)13-16(12-17)23-20(25)14-8-10-22-11-9-14/h2-3,6-11,16-18H,4-5,12-13H2,1H3,(H,23,25). The van der Waals surface area contributed by atoms with Crippen molar-refractivity contribution in [3.8, 4) is 5.75 Å². The van der Waals surface area contributed by atoms with Crippen molar-refractivity contribution in [1.29, 1.82) is 0 Å². The fourth-order valence-electron chi connectivity index (χ4n) is 4.28. The van der Waals surface area contributed by atoms with Crippen LogP contribution < -0.4 is 10.1 Å². The number of aromatic nitrogens is 1. The van der Waals surface area contributed by atoms with Crippen LogP contribution in [0.15, 0.2) is 48.8 Å². The summed E-state index contributed by atoms with van der Waals surface area (Å²) >= 11 is 0. The van der Waals surface area contributed by atoms with E-state index in [0.29, 0.717) is 11.1 Å². The quantitative estimate of drug-likeness (QED) is 0.904. The van der Waals surface area contributed by atoms with Crippen molar-refractivity contribution in [2.75, 3.05) is 7.11 Å². The number of hydrogen-bond donors (Lipinski definition) is 1. The Morgan fingerprint density at radius 2 is 1.63 bits per heavy atom. The fraction of sp³-hybridized carbons (Fsp3) is 0.381. The van der Waals surface area contributed by atoms with E-state index in [0.717, 1.165) is 31.4 Å². The molecular formula is C21H23N3O3. The topological polar surface area (TPSA) is 71.5 Å². The van der Waals surface area contributed by atoms with E-state index in [1.165, 1.54) is 0 Å². The molecule has 0 aliphatic carbocycles. The molecule has 2 aliphatic heterocycles. The number of fused-ring (bicyclic) bond motifs is 2. The predicted octanol–water partition coefficient (Wildman–Crippen LogP) is 2.66. The van der Waals surface area contributed by atoms with E-state index in [4.69, 9.17) is 4.74 Å². The highest BCUT2D eigenvalue weighted by atomic mass is 16.5. The van der Waals surface area contributed by atoms with Gasteiger partial charge in [0, 0.05) is 41.6 Å². The zero-order chi connectivity index (χ0) is 18.8. The normalized spacial score (nSPS) is 23.7. The van der Waals surface area contributed by atoms with Gasteiger partial charge in [-0.05, 0) is 62.1 Å². The predicted molar refractivity (Wildman–Crippen MR) is 101 cm³/mol. The van der Waals surface area contributed by atoms with E-state index in [1.54, 1.807) is 31.6 Å². The SMILES string of the molecule is COc1ccc(C(=O)N2C3CCC2CC(NC(=O)c2ccncc2)C3)cc1. The molecule has 0 spiro atoms. The molecule has 1 aromatic carbocycles. The molecule has 0 radical (unpaired) electrons. The van der Waals surface area contributed by atoms with Gasteiger partial charge in [0.1, 0.15) is 5.75 Å². The van der Waals surface area contributed by atoms with Gasteiger partial charge in [0.25, 0.3) is 11.8 Å². The Labute approximate surface area is 158 Å². The monoisotopic (exact) mass is 365 g/mol. The average molecular weight is 365 g/mol. The number of pyridine rings is 1. The van der Waals surface area contributed by atoms with E-state index < -0.39 is 0 Å². The van der Waals surface area contributed by atoms with Crippen molar-refractivity contribution in [2.45, 2.75) is 43.8 Å². The van der Waals surface area contributed by atoms with Crippen LogP contribution in [0.3, 0.4) is 0 Å². The second-order valence-electron chi connectivity index (χ2n) is 7.20. The van der Waals surface area contributed by atoms with Crippen LogP contribution in [0.5, 0.6) is 5.75 Å². The second kappa shape index (κ2) is 7.39. The van der Waals surface area contributed by atoms with Crippen molar-refractivity contribution in [3.05, 3.63) is 59.9 Å². The van der Waals surface area contributed by atoms with E-state index in [2.05, 4.69) is 10.3 Å². The summed E-state index contributed by atoms with van der Waals surface area (Å²) in [6.45, 7) is 0. The minimum absolute atomic E-state index is 0.0725. The zero-order valence-corrected chi connectivity index (χ0v) is 15.3. The number of methoxy groups -OCH3 is 1. The number of nitrogens with zero attached hydrogens (tertiary/aromatic N) is 2. The number of piperidine rings is 1. The smallest absolute Gasteiger partial charge is 0.254 e. The Morgan fingerprint density at radius 1 is 1.00 bits per heavy atom. The van der Waals surface area contributed by atoms with Gasteiger partial charge >= 0.3 is 0 Å². The fourth-order valence-corrected chi connectivity index (χ4v) is 4.28. The summed E-state index contributed by atoms with van der Waals surface area (Å²) in [7, 11) is 1.61. The first-order chi connectivity index (χ1) is 13.2. The molecule has 2 bridgehead atoms. The van der Waals surface area contributed by atoms with Crippen molar-refractivity contribution < 1.29 is 14.3 Å². The number of hydrogen-bond acceptors (Lipinski definition) is 4. The maximum absolute atomic E-state index is 13.0. The van der Waals surface area contributed by atoms with Gasteiger partial charge < -0.3 is 15.0 Å². The van der Waals surface area contributed by atoms with Crippen LogP contribution in [0, 0.1) is 0 Å². The van der Waals surface area contributed by atoms with Crippen LogP contribution >= 0.6 is 0 Å². The summed E-state index contributed by atoms with van der Waals surface area (Å²) in [5.41, 5.74) is 1.31. The third-order valence-electron chi connectivity index (χ3n) is 5.58. The zero-order valence-electron chi connectivity index (χ0n) is 15.3. The number of benzene rings is 1.